The Hall–Kier alpha value is -1.64. The molecule has 0 aliphatic carbocycles. The monoisotopic (exact) mass is 266 g/mol. The number of rotatable bonds is 3. The summed E-state index contributed by atoms with van der Waals surface area (Å²) >= 11 is 0. The number of hydrogen-bond donors (Lipinski definition) is 1. The van der Waals surface area contributed by atoms with Gasteiger partial charge in [-0.1, -0.05) is 60.7 Å². The fraction of sp³-hybridized carbons (Fsp3) is 0.333. The normalized spacial score (nSPS) is 20.5. The van der Waals surface area contributed by atoms with Crippen LogP contribution >= 0.6 is 0 Å². The molecule has 0 aromatic heterocycles. The summed E-state index contributed by atoms with van der Waals surface area (Å²) < 4.78 is 0. The van der Waals surface area contributed by atoms with Gasteiger partial charge in [-0.05, 0) is 24.1 Å². The third kappa shape index (κ3) is 3.27. The van der Waals surface area contributed by atoms with E-state index < -0.39 is 0 Å². The molecule has 0 unspecified atom stereocenters. The van der Waals surface area contributed by atoms with Gasteiger partial charge in [0.2, 0.25) is 0 Å². The molecule has 2 aromatic carbocycles. The Balaban J connectivity index is 1.81. The van der Waals surface area contributed by atoms with Gasteiger partial charge in [-0.3, -0.25) is 4.90 Å². The summed E-state index contributed by atoms with van der Waals surface area (Å²) in [6, 6.07) is 22.2. The zero-order valence-electron chi connectivity index (χ0n) is 11.8. The fourth-order valence-electron chi connectivity index (χ4n) is 2.98. The van der Waals surface area contributed by atoms with Gasteiger partial charge in [-0.25, -0.2) is 0 Å². The zero-order valence-corrected chi connectivity index (χ0v) is 11.8. The molecule has 0 amide bonds. The van der Waals surface area contributed by atoms with Crippen LogP contribution in [0.2, 0.25) is 0 Å². The molecule has 1 aliphatic rings. The second kappa shape index (κ2) is 6.69. The number of nitrogens with one attached hydrogen (secondary N) is 1. The van der Waals surface area contributed by atoms with E-state index in [-0.39, 0.29) is 0 Å². The van der Waals surface area contributed by atoms with E-state index in [1.807, 2.05) is 0 Å². The van der Waals surface area contributed by atoms with Crippen molar-refractivity contribution in [2.24, 2.45) is 0 Å². The van der Waals surface area contributed by atoms with Crippen LogP contribution in [0.4, 0.5) is 0 Å². The maximum atomic E-state index is 3.52. The molecule has 104 valence electrons. The molecule has 1 atom stereocenters. The minimum atomic E-state index is 0.520. The fourth-order valence-corrected chi connectivity index (χ4v) is 2.98. The third-order valence-corrected chi connectivity index (χ3v) is 4.02. The zero-order chi connectivity index (χ0) is 13.6. The van der Waals surface area contributed by atoms with Gasteiger partial charge in [0.1, 0.15) is 0 Å². The molecule has 2 aromatic rings. The van der Waals surface area contributed by atoms with Crippen molar-refractivity contribution in [2.75, 3.05) is 19.6 Å². The predicted molar refractivity (Wildman–Crippen MR) is 83.5 cm³/mol. The molecule has 1 heterocycles. The van der Waals surface area contributed by atoms with Crippen molar-refractivity contribution in [3.05, 3.63) is 71.8 Å². The van der Waals surface area contributed by atoms with Gasteiger partial charge in [-0.2, -0.15) is 0 Å². The SMILES string of the molecule is c1ccc(CN2CCNCC[C@H]2c2ccccc2)cc1. The maximum absolute atomic E-state index is 3.52. The largest absolute Gasteiger partial charge is 0.315 e. The molecule has 0 saturated carbocycles. The van der Waals surface area contributed by atoms with E-state index in [9.17, 15) is 0 Å². The van der Waals surface area contributed by atoms with Crippen molar-refractivity contribution in [1.82, 2.24) is 10.2 Å². The predicted octanol–water partition coefficient (Wildman–Crippen LogP) is 3.22. The number of hydrogen-bond acceptors (Lipinski definition) is 2. The van der Waals surface area contributed by atoms with E-state index in [4.69, 9.17) is 0 Å². The van der Waals surface area contributed by atoms with Crippen LogP contribution in [0.5, 0.6) is 0 Å². The van der Waals surface area contributed by atoms with E-state index in [2.05, 4.69) is 70.9 Å². The average Bonchev–Trinajstić information content (AvgIpc) is 2.75. The first-order valence-corrected chi connectivity index (χ1v) is 7.47. The maximum Gasteiger partial charge on any atom is 0.0364 e. The van der Waals surface area contributed by atoms with Gasteiger partial charge >= 0.3 is 0 Å². The van der Waals surface area contributed by atoms with Crippen molar-refractivity contribution >= 4 is 0 Å². The van der Waals surface area contributed by atoms with E-state index in [0.717, 1.165) is 26.2 Å². The lowest BCUT2D eigenvalue weighted by Gasteiger charge is -2.30. The molecule has 1 N–H and O–H groups in total. The highest BCUT2D eigenvalue weighted by Gasteiger charge is 2.22. The van der Waals surface area contributed by atoms with Crippen LogP contribution in [0.1, 0.15) is 23.6 Å². The number of nitrogens with zero attached hydrogens (tertiary/aromatic N) is 1. The van der Waals surface area contributed by atoms with Crippen LogP contribution in [0, 0.1) is 0 Å². The molecule has 1 aliphatic heterocycles. The second-order valence-corrected chi connectivity index (χ2v) is 5.42. The molecule has 3 rings (SSSR count). The summed E-state index contributed by atoms with van der Waals surface area (Å²) in [5.74, 6) is 0. The molecular formula is C18H22N2. The summed E-state index contributed by atoms with van der Waals surface area (Å²) in [6.45, 7) is 4.32. The highest BCUT2D eigenvalue weighted by molar-refractivity contribution is 5.21. The Morgan fingerprint density at radius 3 is 2.35 bits per heavy atom. The van der Waals surface area contributed by atoms with Crippen molar-refractivity contribution in [2.45, 2.75) is 19.0 Å². The lowest BCUT2D eigenvalue weighted by molar-refractivity contribution is 0.199. The van der Waals surface area contributed by atoms with Crippen molar-refractivity contribution in [3.8, 4) is 0 Å². The Kier molecular flexibility index (Phi) is 4.46. The Bertz CT molecular complexity index is 509. The van der Waals surface area contributed by atoms with Crippen molar-refractivity contribution in [3.63, 3.8) is 0 Å². The van der Waals surface area contributed by atoms with Gasteiger partial charge < -0.3 is 5.32 Å². The summed E-state index contributed by atoms with van der Waals surface area (Å²) in [6.07, 6.45) is 1.18. The van der Waals surface area contributed by atoms with E-state index in [0.29, 0.717) is 6.04 Å². The van der Waals surface area contributed by atoms with E-state index in [1.54, 1.807) is 0 Å². The van der Waals surface area contributed by atoms with Crippen molar-refractivity contribution in [1.29, 1.82) is 0 Å². The Morgan fingerprint density at radius 1 is 0.900 bits per heavy atom. The summed E-state index contributed by atoms with van der Waals surface area (Å²) in [5.41, 5.74) is 2.84. The standard InChI is InChI=1S/C18H22N2/c1-3-7-16(8-4-1)15-20-14-13-19-12-11-18(20)17-9-5-2-6-10-17/h1-10,18-19H,11-15H2/t18-/m0/s1. The van der Waals surface area contributed by atoms with E-state index >= 15 is 0 Å². The molecule has 1 fully saturated rings. The molecule has 2 heteroatoms. The van der Waals surface area contributed by atoms with Crippen molar-refractivity contribution < 1.29 is 0 Å². The summed E-state index contributed by atoms with van der Waals surface area (Å²) in [4.78, 5) is 2.60. The van der Waals surface area contributed by atoms with Gasteiger partial charge in [-0.15, -0.1) is 0 Å². The Labute approximate surface area is 121 Å². The van der Waals surface area contributed by atoms with Gasteiger partial charge in [0.25, 0.3) is 0 Å². The van der Waals surface area contributed by atoms with Gasteiger partial charge in [0.15, 0.2) is 0 Å². The molecule has 2 nitrogen and oxygen atoms in total. The molecule has 0 radical (unpaired) electrons. The lowest BCUT2D eigenvalue weighted by atomic mass is 10.0. The second-order valence-electron chi connectivity index (χ2n) is 5.42. The van der Waals surface area contributed by atoms with Gasteiger partial charge in [0, 0.05) is 25.7 Å². The quantitative estimate of drug-likeness (QED) is 0.917. The molecule has 0 spiro atoms. The van der Waals surface area contributed by atoms with Gasteiger partial charge in [0.05, 0.1) is 0 Å². The van der Waals surface area contributed by atoms with E-state index in [1.165, 1.54) is 17.5 Å². The van der Waals surface area contributed by atoms with Crippen LogP contribution in [-0.2, 0) is 6.54 Å². The minimum absolute atomic E-state index is 0.520. The van der Waals surface area contributed by atoms with Crippen LogP contribution in [0.3, 0.4) is 0 Å². The third-order valence-electron chi connectivity index (χ3n) is 4.02. The Morgan fingerprint density at radius 2 is 1.60 bits per heavy atom. The summed E-state index contributed by atoms with van der Waals surface area (Å²) in [5, 5.41) is 3.52. The minimum Gasteiger partial charge on any atom is -0.315 e. The van der Waals surface area contributed by atoms with Crippen LogP contribution in [-0.4, -0.2) is 24.5 Å². The topological polar surface area (TPSA) is 15.3 Å². The molecule has 20 heavy (non-hydrogen) atoms. The summed E-state index contributed by atoms with van der Waals surface area (Å²) in [7, 11) is 0. The van der Waals surface area contributed by atoms with Crippen LogP contribution in [0.15, 0.2) is 60.7 Å². The van der Waals surface area contributed by atoms with Crippen LogP contribution < -0.4 is 5.32 Å². The molecular weight excluding hydrogens is 244 g/mol. The molecule has 0 bridgehead atoms. The smallest absolute Gasteiger partial charge is 0.0364 e. The first kappa shape index (κ1) is 13.3. The average molecular weight is 266 g/mol. The molecule has 1 saturated heterocycles. The first-order valence-electron chi connectivity index (χ1n) is 7.47. The lowest BCUT2D eigenvalue weighted by Crippen LogP contribution is -2.30. The number of benzene rings is 2. The first-order chi connectivity index (χ1) is 9.93. The van der Waals surface area contributed by atoms with Crippen LogP contribution in [0.25, 0.3) is 0 Å². The highest BCUT2D eigenvalue weighted by Crippen LogP contribution is 2.26. The highest BCUT2D eigenvalue weighted by atomic mass is 15.2.